The fraction of sp³-hybridized carbons (Fsp3) is 0.385. The summed E-state index contributed by atoms with van der Waals surface area (Å²) in [5, 5.41) is 0. The lowest BCUT2D eigenvalue weighted by Crippen LogP contribution is -1.96. The summed E-state index contributed by atoms with van der Waals surface area (Å²) in [5.41, 5.74) is 2.26. The first kappa shape index (κ1) is 13.6. The van der Waals surface area contributed by atoms with Gasteiger partial charge in [-0.2, -0.15) is 0 Å². The molecule has 0 aromatic heterocycles. The third-order valence-electron chi connectivity index (χ3n) is 2.43. The van der Waals surface area contributed by atoms with Gasteiger partial charge < -0.3 is 4.74 Å². The molecular formula is C13H16BrClO. The lowest BCUT2D eigenvalue weighted by Gasteiger charge is -2.10. The Bertz CT molecular complexity index is 386. The molecule has 16 heavy (non-hydrogen) atoms. The van der Waals surface area contributed by atoms with Crippen LogP contribution in [0.15, 0.2) is 28.2 Å². The van der Waals surface area contributed by atoms with Crippen LogP contribution in [0.3, 0.4) is 0 Å². The van der Waals surface area contributed by atoms with Gasteiger partial charge in [0, 0.05) is 15.9 Å². The lowest BCUT2D eigenvalue weighted by atomic mass is 10.0. The molecule has 0 unspecified atom stereocenters. The van der Waals surface area contributed by atoms with Crippen LogP contribution in [0.5, 0.6) is 5.75 Å². The van der Waals surface area contributed by atoms with Gasteiger partial charge in [-0.15, -0.1) is 11.6 Å². The zero-order valence-corrected chi connectivity index (χ0v) is 12.1. The van der Waals surface area contributed by atoms with Crippen LogP contribution in [0.4, 0.5) is 0 Å². The molecule has 0 aliphatic carbocycles. The van der Waals surface area contributed by atoms with E-state index in [9.17, 15) is 0 Å². The topological polar surface area (TPSA) is 9.23 Å². The Morgan fingerprint density at radius 3 is 2.69 bits per heavy atom. The average molecular weight is 304 g/mol. The van der Waals surface area contributed by atoms with Crippen molar-refractivity contribution in [2.75, 3.05) is 13.0 Å². The Kier molecular flexibility index (Phi) is 5.36. The second-order valence-corrected chi connectivity index (χ2v) is 5.08. The molecule has 0 aliphatic rings. The van der Waals surface area contributed by atoms with Crippen molar-refractivity contribution in [3.63, 3.8) is 0 Å². The van der Waals surface area contributed by atoms with E-state index >= 15 is 0 Å². The molecule has 0 saturated carbocycles. The van der Waals surface area contributed by atoms with Gasteiger partial charge in [0.25, 0.3) is 0 Å². The van der Waals surface area contributed by atoms with Crippen molar-refractivity contribution < 1.29 is 4.74 Å². The number of ether oxygens (including phenoxy) is 1. The maximum Gasteiger partial charge on any atom is 0.126 e. The standard InChI is InChI=1S/C13H16BrClO/c1-9(2)11(8-15)6-10-7-12(14)4-5-13(10)16-3/h4-7,9H,8H2,1-3H3. The van der Waals surface area contributed by atoms with Gasteiger partial charge >= 0.3 is 0 Å². The second kappa shape index (κ2) is 6.31. The molecule has 1 aromatic carbocycles. The molecule has 0 spiro atoms. The van der Waals surface area contributed by atoms with Gasteiger partial charge in [0.15, 0.2) is 0 Å². The van der Waals surface area contributed by atoms with Gasteiger partial charge in [0.05, 0.1) is 7.11 Å². The van der Waals surface area contributed by atoms with E-state index in [0.717, 1.165) is 15.8 Å². The fourth-order valence-corrected chi connectivity index (χ4v) is 2.14. The smallest absolute Gasteiger partial charge is 0.126 e. The van der Waals surface area contributed by atoms with E-state index in [-0.39, 0.29) is 0 Å². The van der Waals surface area contributed by atoms with Crippen LogP contribution < -0.4 is 4.74 Å². The molecule has 1 aromatic rings. The highest BCUT2D eigenvalue weighted by molar-refractivity contribution is 9.10. The van der Waals surface area contributed by atoms with E-state index in [2.05, 4.69) is 35.9 Å². The molecule has 0 amide bonds. The summed E-state index contributed by atoms with van der Waals surface area (Å²) in [4.78, 5) is 0. The highest BCUT2D eigenvalue weighted by Gasteiger charge is 2.05. The lowest BCUT2D eigenvalue weighted by molar-refractivity contribution is 0.413. The third-order valence-corrected chi connectivity index (χ3v) is 3.23. The number of methoxy groups -OCH3 is 1. The van der Waals surface area contributed by atoms with E-state index in [4.69, 9.17) is 16.3 Å². The monoisotopic (exact) mass is 302 g/mol. The second-order valence-electron chi connectivity index (χ2n) is 3.89. The van der Waals surface area contributed by atoms with Crippen LogP contribution in [0.25, 0.3) is 6.08 Å². The van der Waals surface area contributed by atoms with E-state index in [1.807, 2.05) is 18.2 Å². The summed E-state index contributed by atoms with van der Waals surface area (Å²) in [7, 11) is 1.68. The third kappa shape index (κ3) is 3.53. The van der Waals surface area contributed by atoms with Crippen LogP contribution in [-0.2, 0) is 0 Å². The molecular weight excluding hydrogens is 287 g/mol. The summed E-state index contributed by atoms with van der Waals surface area (Å²) in [6.07, 6.45) is 2.10. The number of hydrogen-bond acceptors (Lipinski definition) is 1. The van der Waals surface area contributed by atoms with Gasteiger partial charge in [-0.3, -0.25) is 0 Å². The Morgan fingerprint density at radius 1 is 1.50 bits per heavy atom. The zero-order valence-electron chi connectivity index (χ0n) is 9.76. The number of rotatable bonds is 4. The maximum absolute atomic E-state index is 5.93. The molecule has 0 atom stereocenters. The highest BCUT2D eigenvalue weighted by atomic mass is 79.9. The molecule has 0 fully saturated rings. The summed E-state index contributed by atoms with van der Waals surface area (Å²) in [6, 6.07) is 5.95. The minimum Gasteiger partial charge on any atom is -0.496 e. The van der Waals surface area contributed by atoms with Crippen LogP contribution in [0, 0.1) is 5.92 Å². The normalized spacial score (nSPS) is 12.0. The van der Waals surface area contributed by atoms with Crippen molar-refractivity contribution in [1.29, 1.82) is 0 Å². The summed E-state index contributed by atoms with van der Waals surface area (Å²) in [5.74, 6) is 1.86. The Morgan fingerprint density at radius 2 is 2.19 bits per heavy atom. The first-order valence-corrected chi connectivity index (χ1v) is 6.51. The molecule has 0 saturated heterocycles. The summed E-state index contributed by atoms with van der Waals surface area (Å²) >= 11 is 9.38. The van der Waals surface area contributed by atoms with Crippen molar-refractivity contribution in [2.45, 2.75) is 13.8 Å². The van der Waals surface area contributed by atoms with Crippen LogP contribution in [-0.4, -0.2) is 13.0 Å². The minimum absolute atomic E-state index is 0.446. The highest BCUT2D eigenvalue weighted by Crippen LogP contribution is 2.27. The van der Waals surface area contributed by atoms with Gasteiger partial charge in [0.1, 0.15) is 5.75 Å². The van der Waals surface area contributed by atoms with Crippen molar-refractivity contribution >= 4 is 33.6 Å². The average Bonchev–Trinajstić information content (AvgIpc) is 2.25. The molecule has 88 valence electrons. The predicted octanol–water partition coefficient (Wildman–Crippen LogP) is 4.74. The number of allylic oxidation sites excluding steroid dienone is 1. The first-order chi connectivity index (χ1) is 7.58. The zero-order chi connectivity index (χ0) is 12.1. The Balaban J connectivity index is 3.15. The minimum atomic E-state index is 0.446. The van der Waals surface area contributed by atoms with Crippen LogP contribution >= 0.6 is 27.5 Å². The van der Waals surface area contributed by atoms with E-state index in [0.29, 0.717) is 11.8 Å². The number of alkyl halides is 1. The van der Waals surface area contributed by atoms with Crippen LogP contribution in [0.2, 0.25) is 0 Å². The van der Waals surface area contributed by atoms with Crippen LogP contribution in [0.1, 0.15) is 19.4 Å². The molecule has 1 nitrogen and oxygen atoms in total. The first-order valence-electron chi connectivity index (χ1n) is 5.18. The Labute approximate surface area is 111 Å². The summed E-state index contributed by atoms with van der Waals surface area (Å²) < 4.78 is 6.36. The van der Waals surface area contributed by atoms with Crippen molar-refractivity contribution in [2.24, 2.45) is 5.92 Å². The predicted molar refractivity (Wildman–Crippen MR) is 74.2 cm³/mol. The maximum atomic E-state index is 5.93. The molecule has 0 aliphatic heterocycles. The number of hydrogen-bond donors (Lipinski definition) is 0. The van der Waals surface area contributed by atoms with Crippen molar-refractivity contribution in [1.82, 2.24) is 0 Å². The Hall–Kier alpha value is -0.470. The summed E-state index contributed by atoms with van der Waals surface area (Å²) in [6.45, 7) is 4.28. The fourth-order valence-electron chi connectivity index (χ4n) is 1.38. The van der Waals surface area contributed by atoms with E-state index in [1.54, 1.807) is 7.11 Å². The van der Waals surface area contributed by atoms with E-state index in [1.165, 1.54) is 5.57 Å². The molecule has 3 heteroatoms. The van der Waals surface area contributed by atoms with Crippen molar-refractivity contribution in [3.8, 4) is 5.75 Å². The van der Waals surface area contributed by atoms with Gasteiger partial charge in [0.2, 0.25) is 0 Å². The van der Waals surface area contributed by atoms with E-state index < -0.39 is 0 Å². The van der Waals surface area contributed by atoms with Gasteiger partial charge in [-0.25, -0.2) is 0 Å². The molecule has 0 bridgehead atoms. The largest absolute Gasteiger partial charge is 0.496 e. The molecule has 0 heterocycles. The molecule has 0 radical (unpaired) electrons. The number of benzene rings is 1. The van der Waals surface area contributed by atoms with Crippen molar-refractivity contribution in [3.05, 3.63) is 33.8 Å². The molecule has 0 N–H and O–H groups in total. The quantitative estimate of drug-likeness (QED) is 0.730. The van der Waals surface area contributed by atoms with Gasteiger partial charge in [-0.05, 0) is 24.1 Å². The SMILES string of the molecule is COc1ccc(Br)cc1C=C(CCl)C(C)C. The molecule has 1 rings (SSSR count). The number of halogens is 2. The van der Waals surface area contributed by atoms with Gasteiger partial charge in [-0.1, -0.05) is 41.4 Å².